The highest BCUT2D eigenvalue weighted by molar-refractivity contribution is 6.30. The highest BCUT2D eigenvalue weighted by Crippen LogP contribution is 2.25. The highest BCUT2D eigenvalue weighted by Gasteiger charge is 2.09. The van der Waals surface area contributed by atoms with E-state index in [1.807, 2.05) is 48.0 Å². The molecule has 0 aliphatic rings. The van der Waals surface area contributed by atoms with Crippen LogP contribution in [0.15, 0.2) is 54.7 Å². The number of para-hydroxylation sites is 1. The Labute approximate surface area is 165 Å². The van der Waals surface area contributed by atoms with Crippen molar-refractivity contribution in [2.24, 2.45) is 7.05 Å². The summed E-state index contributed by atoms with van der Waals surface area (Å²) < 4.78 is 1.96. The molecule has 1 heterocycles. The first-order valence-electron chi connectivity index (χ1n) is 8.04. The number of carboxylic acids is 2. The van der Waals surface area contributed by atoms with Gasteiger partial charge in [-0.3, -0.25) is 0 Å². The fourth-order valence-corrected chi connectivity index (χ4v) is 2.51. The quantitative estimate of drug-likeness (QED) is 0.493. The molecule has 146 valence electrons. The number of halogens is 1. The van der Waals surface area contributed by atoms with Gasteiger partial charge in [0.05, 0.1) is 11.9 Å². The molecule has 3 rings (SSSR count). The molecule has 0 spiro atoms. The fraction of sp³-hybridized carbons (Fsp3) is 0.105. The summed E-state index contributed by atoms with van der Waals surface area (Å²) in [5.41, 5.74) is 2.81. The number of phenolic OH excluding ortho intramolecular Hbond substituents is 1. The number of aromatic hydroxyl groups is 1. The molecule has 0 saturated heterocycles. The third-order valence-corrected chi connectivity index (χ3v) is 3.96. The maximum absolute atomic E-state index is 9.79. The summed E-state index contributed by atoms with van der Waals surface area (Å²) in [5.74, 6) is -2.64. The number of nitrogens with one attached hydrogen (secondary N) is 1. The Bertz CT molecular complexity index is 975. The number of hydrogen-bond acceptors (Lipinski definition) is 5. The molecule has 4 N–H and O–H groups in total. The van der Waals surface area contributed by atoms with Crippen LogP contribution in [0.2, 0.25) is 5.02 Å². The Balaban J connectivity index is 0.000000409. The zero-order valence-corrected chi connectivity index (χ0v) is 15.6. The van der Waals surface area contributed by atoms with Crippen molar-refractivity contribution >= 4 is 29.5 Å². The number of hydrogen-bond donors (Lipinski definition) is 4. The molecule has 2 aromatic carbocycles. The first kappa shape index (κ1) is 20.8. The molecule has 0 fully saturated rings. The van der Waals surface area contributed by atoms with Crippen LogP contribution >= 0.6 is 11.6 Å². The second-order valence-corrected chi connectivity index (χ2v) is 6.07. The summed E-state index contributed by atoms with van der Waals surface area (Å²) in [7, 11) is 1.94. The zero-order valence-electron chi connectivity index (χ0n) is 14.8. The maximum atomic E-state index is 9.79. The minimum Gasteiger partial charge on any atom is -0.508 e. The molecular weight excluding hydrogens is 386 g/mol. The minimum absolute atomic E-state index is 0.277. The van der Waals surface area contributed by atoms with Gasteiger partial charge in [0.2, 0.25) is 5.95 Å². The van der Waals surface area contributed by atoms with Crippen LogP contribution in [0.4, 0.5) is 5.95 Å². The van der Waals surface area contributed by atoms with Crippen molar-refractivity contribution in [3.8, 4) is 17.0 Å². The van der Waals surface area contributed by atoms with Gasteiger partial charge in [-0.25, -0.2) is 14.6 Å². The Hall–Kier alpha value is -3.52. The van der Waals surface area contributed by atoms with E-state index in [-0.39, 0.29) is 5.75 Å². The second kappa shape index (κ2) is 9.43. The van der Waals surface area contributed by atoms with Crippen LogP contribution in [0.25, 0.3) is 11.3 Å². The van der Waals surface area contributed by atoms with Crippen molar-refractivity contribution in [3.05, 3.63) is 65.3 Å². The van der Waals surface area contributed by atoms with Crippen molar-refractivity contribution in [1.82, 2.24) is 9.55 Å². The number of imidazole rings is 1. The largest absolute Gasteiger partial charge is 0.508 e. The summed E-state index contributed by atoms with van der Waals surface area (Å²) in [6.07, 6.45) is 1.80. The van der Waals surface area contributed by atoms with Gasteiger partial charge in [-0.1, -0.05) is 41.9 Å². The van der Waals surface area contributed by atoms with Crippen LogP contribution in [0.3, 0.4) is 0 Å². The summed E-state index contributed by atoms with van der Waals surface area (Å²) in [5, 5.41) is 28.5. The lowest BCUT2D eigenvalue weighted by atomic mass is 10.2. The lowest BCUT2D eigenvalue weighted by Crippen LogP contribution is -2.09. The van der Waals surface area contributed by atoms with Crippen molar-refractivity contribution < 1.29 is 24.9 Å². The van der Waals surface area contributed by atoms with Gasteiger partial charge in [-0.15, -0.1) is 0 Å². The molecule has 0 radical (unpaired) electrons. The molecule has 9 heteroatoms. The molecule has 0 saturated carbocycles. The van der Waals surface area contributed by atoms with Crippen LogP contribution in [0, 0.1) is 0 Å². The first-order valence-corrected chi connectivity index (χ1v) is 8.42. The fourth-order valence-electron chi connectivity index (χ4n) is 2.32. The van der Waals surface area contributed by atoms with Crippen molar-refractivity contribution in [3.63, 3.8) is 0 Å². The highest BCUT2D eigenvalue weighted by atomic mass is 35.5. The van der Waals surface area contributed by atoms with E-state index in [1.54, 1.807) is 18.3 Å². The number of carboxylic acid groups (broad SMARTS) is 2. The van der Waals surface area contributed by atoms with E-state index in [0.29, 0.717) is 11.6 Å². The van der Waals surface area contributed by atoms with E-state index >= 15 is 0 Å². The van der Waals surface area contributed by atoms with Gasteiger partial charge in [-0.05, 0) is 18.2 Å². The van der Waals surface area contributed by atoms with Crippen LogP contribution in [-0.4, -0.2) is 36.8 Å². The number of aliphatic carboxylic acids is 2. The summed E-state index contributed by atoms with van der Waals surface area (Å²) in [6, 6.07) is 14.9. The molecule has 28 heavy (non-hydrogen) atoms. The van der Waals surface area contributed by atoms with Gasteiger partial charge in [0.1, 0.15) is 5.75 Å². The van der Waals surface area contributed by atoms with E-state index in [0.717, 1.165) is 22.8 Å². The minimum atomic E-state index is -1.82. The van der Waals surface area contributed by atoms with E-state index in [4.69, 9.17) is 31.4 Å². The number of carbonyl (C=O) groups is 2. The molecular formula is C19H18ClN3O5. The number of benzene rings is 2. The molecule has 0 unspecified atom stereocenters. The lowest BCUT2D eigenvalue weighted by molar-refractivity contribution is -0.159. The predicted molar refractivity (Wildman–Crippen MR) is 104 cm³/mol. The third kappa shape index (κ3) is 5.49. The molecule has 0 atom stereocenters. The van der Waals surface area contributed by atoms with Crippen LogP contribution in [-0.2, 0) is 23.2 Å². The molecule has 0 aliphatic carbocycles. The number of anilines is 1. The average molecular weight is 404 g/mol. The average Bonchev–Trinajstić information content (AvgIpc) is 3.02. The number of aromatic nitrogens is 2. The van der Waals surface area contributed by atoms with Gasteiger partial charge in [0.25, 0.3) is 0 Å². The van der Waals surface area contributed by atoms with Gasteiger partial charge in [0.15, 0.2) is 0 Å². The van der Waals surface area contributed by atoms with Crippen LogP contribution in [0.5, 0.6) is 5.75 Å². The number of nitrogens with zero attached hydrogens (tertiary/aromatic N) is 2. The SMILES string of the molecule is Cn1c(-c2cccc(Cl)c2)cnc1NCc1ccccc1O.O=C(O)C(=O)O. The molecule has 3 aromatic rings. The van der Waals surface area contributed by atoms with E-state index in [2.05, 4.69) is 10.3 Å². The lowest BCUT2D eigenvalue weighted by Gasteiger charge is -2.09. The normalized spacial score (nSPS) is 9.93. The number of rotatable bonds is 4. The van der Waals surface area contributed by atoms with Crippen LogP contribution in [0.1, 0.15) is 5.56 Å². The van der Waals surface area contributed by atoms with Gasteiger partial charge < -0.3 is 25.2 Å². The first-order chi connectivity index (χ1) is 13.3. The van der Waals surface area contributed by atoms with E-state index < -0.39 is 11.9 Å². The van der Waals surface area contributed by atoms with Crippen molar-refractivity contribution in [1.29, 1.82) is 0 Å². The maximum Gasteiger partial charge on any atom is 0.414 e. The summed E-state index contributed by atoms with van der Waals surface area (Å²) in [4.78, 5) is 22.6. The predicted octanol–water partition coefficient (Wildman–Crippen LogP) is 3.21. The Morgan fingerprint density at radius 1 is 1.11 bits per heavy atom. The van der Waals surface area contributed by atoms with Gasteiger partial charge in [-0.2, -0.15) is 0 Å². The van der Waals surface area contributed by atoms with Crippen molar-refractivity contribution in [2.75, 3.05) is 5.32 Å². The summed E-state index contributed by atoms with van der Waals surface area (Å²) >= 11 is 6.04. The van der Waals surface area contributed by atoms with Gasteiger partial charge in [0, 0.05) is 29.7 Å². The number of phenols is 1. The monoisotopic (exact) mass is 403 g/mol. The molecule has 0 aliphatic heterocycles. The Kier molecular flexibility index (Phi) is 7.00. The molecule has 0 bridgehead atoms. The topological polar surface area (TPSA) is 125 Å². The Morgan fingerprint density at radius 3 is 2.39 bits per heavy atom. The zero-order chi connectivity index (χ0) is 20.7. The second-order valence-electron chi connectivity index (χ2n) is 5.63. The Morgan fingerprint density at radius 2 is 1.79 bits per heavy atom. The van der Waals surface area contributed by atoms with Gasteiger partial charge >= 0.3 is 11.9 Å². The standard InChI is InChI=1S/C17H16ClN3O.C2H2O4/c1-21-15(12-6-4-7-14(18)9-12)11-20-17(21)19-10-13-5-2-3-8-16(13)22;3-1(4)2(5)6/h2-9,11,22H,10H2,1H3,(H,19,20);(H,3,4)(H,5,6). The smallest absolute Gasteiger partial charge is 0.414 e. The third-order valence-electron chi connectivity index (χ3n) is 3.72. The van der Waals surface area contributed by atoms with E-state index in [1.165, 1.54) is 0 Å². The molecule has 8 nitrogen and oxygen atoms in total. The van der Waals surface area contributed by atoms with Crippen molar-refractivity contribution in [2.45, 2.75) is 6.54 Å². The van der Waals surface area contributed by atoms with E-state index in [9.17, 15) is 5.11 Å². The molecule has 1 aromatic heterocycles. The molecule has 0 amide bonds. The van der Waals surface area contributed by atoms with Crippen LogP contribution < -0.4 is 5.32 Å². The summed E-state index contributed by atoms with van der Waals surface area (Å²) in [6.45, 7) is 0.506.